The SMILES string of the molecule is CCc1nncn1CCNC(=NC)NCC(C)(C)c1ccc(Br)cc1. The molecule has 2 rings (SSSR count). The van der Waals surface area contributed by atoms with Gasteiger partial charge in [-0.1, -0.05) is 48.8 Å². The van der Waals surface area contributed by atoms with Crippen molar-refractivity contribution in [2.45, 2.75) is 39.2 Å². The molecule has 0 unspecified atom stereocenters. The third kappa shape index (κ3) is 5.56. The van der Waals surface area contributed by atoms with Crippen molar-refractivity contribution in [3.63, 3.8) is 0 Å². The smallest absolute Gasteiger partial charge is 0.191 e. The zero-order valence-corrected chi connectivity index (χ0v) is 17.0. The molecule has 0 spiro atoms. The van der Waals surface area contributed by atoms with Gasteiger partial charge in [0.25, 0.3) is 0 Å². The lowest BCUT2D eigenvalue weighted by Gasteiger charge is -2.27. The van der Waals surface area contributed by atoms with E-state index in [0.717, 1.165) is 42.3 Å². The highest BCUT2D eigenvalue weighted by atomic mass is 79.9. The van der Waals surface area contributed by atoms with E-state index in [-0.39, 0.29) is 5.41 Å². The summed E-state index contributed by atoms with van der Waals surface area (Å²) >= 11 is 3.48. The summed E-state index contributed by atoms with van der Waals surface area (Å²) in [5.74, 6) is 1.80. The third-order valence-corrected chi connectivity index (χ3v) is 4.73. The molecule has 0 saturated heterocycles. The molecule has 0 aliphatic rings. The summed E-state index contributed by atoms with van der Waals surface area (Å²) in [6.45, 7) is 8.90. The Balaban J connectivity index is 1.84. The maximum Gasteiger partial charge on any atom is 0.191 e. The molecule has 0 radical (unpaired) electrons. The second-order valence-corrected chi connectivity index (χ2v) is 7.45. The maximum absolute atomic E-state index is 4.31. The Hall–Kier alpha value is -1.89. The molecule has 6 nitrogen and oxygen atoms in total. The second-order valence-electron chi connectivity index (χ2n) is 6.54. The van der Waals surface area contributed by atoms with Gasteiger partial charge in [-0.15, -0.1) is 10.2 Å². The Morgan fingerprint density at radius 3 is 2.60 bits per heavy atom. The van der Waals surface area contributed by atoms with Crippen LogP contribution < -0.4 is 10.6 Å². The Morgan fingerprint density at radius 1 is 1.24 bits per heavy atom. The fraction of sp³-hybridized carbons (Fsp3) is 0.500. The minimum Gasteiger partial charge on any atom is -0.356 e. The van der Waals surface area contributed by atoms with E-state index in [1.165, 1.54) is 5.56 Å². The largest absolute Gasteiger partial charge is 0.356 e. The molecule has 2 aromatic rings. The number of nitrogens with one attached hydrogen (secondary N) is 2. The molecule has 25 heavy (non-hydrogen) atoms. The highest BCUT2D eigenvalue weighted by Gasteiger charge is 2.20. The van der Waals surface area contributed by atoms with Crippen molar-refractivity contribution < 1.29 is 0 Å². The topological polar surface area (TPSA) is 67.1 Å². The zero-order chi connectivity index (χ0) is 18.3. The number of hydrogen-bond acceptors (Lipinski definition) is 3. The molecular formula is C18H27BrN6. The van der Waals surface area contributed by atoms with Crippen molar-refractivity contribution in [1.29, 1.82) is 0 Å². The summed E-state index contributed by atoms with van der Waals surface area (Å²) in [6.07, 6.45) is 2.65. The van der Waals surface area contributed by atoms with Crippen LogP contribution in [0.25, 0.3) is 0 Å². The zero-order valence-electron chi connectivity index (χ0n) is 15.4. The number of nitrogens with zero attached hydrogens (tertiary/aromatic N) is 4. The summed E-state index contributed by atoms with van der Waals surface area (Å²) in [4.78, 5) is 4.31. The summed E-state index contributed by atoms with van der Waals surface area (Å²) in [6, 6.07) is 8.46. The Kier molecular flexibility index (Phi) is 6.99. The number of benzene rings is 1. The fourth-order valence-electron chi connectivity index (χ4n) is 2.56. The van der Waals surface area contributed by atoms with Gasteiger partial charge in [0.05, 0.1) is 0 Å². The van der Waals surface area contributed by atoms with Gasteiger partial charge in [0, 0.05) is 43.0 Å². The van der Waals surface area contributed by atoms with Gasteiger partial charge < -0.3 is 15.2 Å². The highest BCUT2D eigenvalue weighted by molar-refractivity contribution is 9.10. The Labute approximate surface area is 158 Å². The molecule has 0 saturated carbocycles. The molecule has 2 N–H and O–H groups in total. The van der Waals surface area contributed by atoms with Crippen molar-refractivity contribution in [3.8, 4) is 0 Å². The van der Waals surface area contributed by atoms with E-state index in [2.05, 4.69) is 91.4 Å². The number of aliphatic imine (C=N–C) groups is 1. The van der Waals surface area contributed by atoms with E-state index in [0.29, 0.717) is 0 Å². The lowest BCUT2D eigenvalue weighted by molar-refractivity contribution is 0.507. The van der Waals surface area contributed by atoms with Gasteiger partial charge >= 0.3 is 0 Å². The molecule has 136 valence electrons. The highest BCUT2D eigenvalue weighted by Crippen LogP contribution is 2.23. The Morgan fingerprint density at radius 2 is 1.96 bits per heavy atom. The van der Waals surface area contributed by atoms with Crippen LogP contribution in [0.1, 0.15) is 32.2 Å². The standard InChI is InChI=1S/C18H27BrN6/c1-5-16-24-23-13-25(16)11-10-21-17(20-4)22-12-18(2,3)14-6-8-15(19)9-7-14/h6-9,13H,5,10-12H2,1-4H3,(H2,20,21,22). The normalized spacial score (nSPS) is 12.3. The van der Waals surface area contributed by atoms with Crippen LogP contribution in [0.2, 0.25) is 0 Å². The molecule has 0 fully saturated rings. The number of rotatable bonds is 7. The summed E-state index contributed by atoms with van der Waals surface area (Å²) in [5.41, 5.74) is 1.29. The number of aryl methyl sites for hydroxylation is 1. The van der Waals surface area contributed by atoms with Crippen LogP contribution in [-0.4, -0.2) is 40.9 Å². The third-order valence-electron chi connectivity index (χ3n) is 4.20. The molecule has 0 aliphatic carbocycles. The summed E-state index contributed by atoms with van der Waals surface area (Å²) < 4.78 is 3.16. The predicted octanol–water partition coefficient (Wildman–Crippen LogP) is 2.75. The number of aromatic nitrogens is 3. The van der Waals surface area contributed by atoms with Crippen LogP contribution in [0.5, 0.6) is 0 Å². The van der Waals surface area contributed by atoms with Crippen LogP contribution in [0.3, 0.4) is 0 Å². The molecule has 1 aromatic carbocycles. The summed E-state index contributed by atoms with van der Waals surface area (Å²) in [7, 11) is 1.79. The fourth-order valence-corrected chi connectivity index (χ4v) is 2.83. The molecule has 0 bridgehead atoms. The maximum atomic E-state index is 4.31. The van der Waals surface area contributed by atoms with E-state index >= 15 is 0 Å². The van der Waals surface area contributed by atoms with E-state index in [1.807, 2.05) is 0 Å². The first-order valence-electron chi connectivity index (χ1n) is 8.53. The van der Waals surface area contributed by atoms with Gasteiger partial charge in [0.1, 0.15) is 12.2 Å². The number of hydrogen-bond donors (Lipinski definition) is 2. The van der Waals surface area contributed by atoms with Crippen molar-refractivity contribution in [3.05, 3.63) is 46.5 Å². The van der Waals surface area contributed by atoms with Crippen LogP contribution >= 0.6 is 15.9 Å². The van der Waals surface area contributed by atoms with Crippen molar-refractivity contribution in [2.75, 3.05) is 20.1 Å². The molecular weight excluding hydrogens is 380 g/mol. The van der Waals surface area contributed by atoms with E-state index in [4.69, 9.17) is 0 Å². The molecule has 7 heteroatoms. The van der Waals surface area contributed by atoms with Gasteiger partial charge in [-0.05, 0) is 17.7 Å². The first kappa shape index (κ1) is 19.4. The lowest BCUT2D eigenvalue weighted by Crippen LogP contribution is -2.44. The van der Waals surface area contributed by atoms with Gasteiger partial charge in [-0.2, -0.15) is 0 Å². The van der Waals surface area contributed by atoms with Crippen molar-refractivity contribution in [1.82, 2.24) is 25.4 Å². The van der Waals surface area contributed by atoms with Crippen LogP contribution in [0, 0.1) is 0 Å². The summed E-state index contributed by atoms with van der Waals surface area (Å²) in [5, 5.41) is 14.8. The van der Waals surface area contributed by atoms with Crippen molar-refractivity contribution in [2.24, 2.45) is 4.99 Å². The van der Waals surface area contributed by atoms with E-state index in [9.17, 15) is 0 Å². The predicted molar refractivity (Wildman–Crippen MR) is 106 cm³/mol. The van der Waals surface area contributed by atoms with Gasteiger partial charge in [0.2, 0.25) is 0 Å². The van der Waals surface area contributed by atoms with Gasteiger partial charge in [-0.3, -0.25) is 4.99 Å². The number of guanidine groups is 1. The minimum absolute atomic E-state index is 0.00195. The Bertz CT molecular complexity index is 690. The van der Waals surface area contributed by atoms with Crippen molar-refractivity contribution >= 4 is 21.9 Å². The van der Waals surface area contributed by atoms with Gasteiger partial charge in [0.15, 0.2) is 5.96 Å². The minimum atomic E-state index is 0.00195. The second kappa shape index (κ2) is 8.99. The first-order chi connectivity index (χ1) is 12.0. The lowest BCUT2D eigenvalue weighted by atomic mass is 9.85. The van der Waals surface area contributed by atoms with E-state index < -0.39 is 0 Å². The molecule has 1 heterocycles. The number of halogens is 1. The van der Waals surface area contributed by atoms with Crippen LogP contribution in [-0.2, 0) is 18.4 Å². The quantitative estimate of drug-likeness (QED) is 0.547. The van der Waals surface area contributed by atoms with Gasteiger partial charge in [-0.25, -0.2) is 0 Å². The molecule has 0 amide bonds. The average Bonchev–Trinajstić information content (AvgIpc) is 3.05. The first-order valence-corrected chi connectivity index (χ1v) is 9.33. The molecule has 1 aromatic heterocycles. The van der Waals surface area contributed by atoms with Crippen LogP contribution in [0.15, 0.2) is 40.1 Å². The monoisotopic (exact) mass is 406 g/mol. The van der Waals surface area contributed by atoms with Crippen LogP contribution in [0.4, 0.5) is 0 Å². The molecule has 0 atom stereocenters. The van der Waals surface area contributed by atoms with E-state index in [1.54, 1.807) is 13.4 Å². The molecule has 0 aliphatic heterocycles. The average molecular weight is 407 g/mol.